The van der Waals surface area contributed by atoms with Gasteiger partial charge in [-0.25, -0.2) is 0 Å². The van der Waals surface area contributed by atoms with Gasteiger partial charge in [-0.1, -0.05) is 23.5 Å². The molecular formula is C10H5BrF3N3OS. The molecule has 0 unspecified atom stereocenters. The standard InChI is InChI=1S/C10H5BrF3N3OS/c11-6-4-2-1-3-5(6)7(18)15-9-17-16-8(19-9)10(12,13)14/h1-4H,(H,15,17,18). The van der Waals surface area contributed by atoms with Gasteiger partial charge in [0.1, 0.15) is 0 Å². The zero-order chi connectivity index (χ0) is 14.0. The minimum Gasteiger partial charge on any atom is -0.296 e. The summed E-state index contributed by atoms with van der Waals surface area (Å²) in [6.07, 6.45) is -4.56. The number of carbonyl (C=O) groups is 1. The van der Waals surface area contributed by atoms with E-state index in [-0.39, 0.29) is 16.5 Å². The lowest BCUT2D eigenvalue weighted by atomic mass is 10.2. The van der Waals surface area contributed by atoms with Gasteiger partial charge in [0.15, 0.2) is 0 Å². The fourth-order valence-corrected chi connectivity index (χ4v) is 2.27. The number of benzene rings is 1. The smallest absolute Gasteiger partial charge is 0.296 e. The molecule has 2 aromatic rings. The fourth-order valence-electron chi connectivity index (χ4n) is 1.20. The van der Waals surface area contributed by atoms with Crippen LogP contribution in [0.3, 0.4) is 0 Å². The van der Waals surface area contributed by atoms with Crippen LogP contribution in [0.25, 0.3) is 0 Å². The van der Waals surface area contributed by atoms with Crippen LogP contribution >= 0.6 is 27.3 Å². The second-order valence-electron chi connectivity index (χ2n) is 3.34. The molecule has 100 valence electrons. The lowest BCUT2D eigenvalue weighted by Crippen LogP contribution is -2.12. The van der Waals surface area contributed by atoms with E-state index >= 15 is 0 Å². The minimum atomic E-state index is -4.56. The molecule has 4 nitrogen and oxygen atoms in total. The van der Waals surface area contributed by atoms with E-state index in [2.05, 4.69) is 31.4 Å². The van der Waals surface area contributed by atoms with Gasteiger partial charge in [0, 0.05) is 4.47 Å². The molecule has 0 saturated carbocycles. The quantitative estimate of drug-likeness (QED) is 0.899. The van der Waals surface area contributed by atoms with Crippen molar-refractivity contribution in [1.82, 2.24) is 10.2 Å². The Morgan fingerprint density at radius 1 is 1.26 bits per heavy atom. The third-order valence-corrected chi connectivity index (χ3v) is 3.58. The Hall–Kier alpha value is -1.48. The van der Waals surface area contributed by atoms with E-state index in [9.17, 15) is 18.0 Å². The number of nitrogens with one attached hydrogen (secondary N) is 1. The Balaban J connectivity index is 2.16. The number of anilines is 1. The molecule has 0 aliphatic heterocycles. The second-order valence-corrected chi connectivity index (χ2v) is 5.18. The predicted molar refractivity (Wildman–Crippen MR) is 67.0 cm³/mol. The maximum absolute atomic E-state index is 12.3. The molecule has 2 rings (SSSR count). The first-order valence-electron chi connectivity index (χ1n) is 4.84. The summed E-state index contributed by atoms with van der Waals surface area (Å²) in [5.41, 5.74) is 0.297. The molecule has 0 saturated heterocycles. The van der Waals surface area contributed by atoms with Crippen molar-refractivity contribution in [3.05, 3.63) is 39.3 Å². The Kier molecular flexibility index (Phi) is 3.85. The number of hydrogen-bond donors (Lipinski definition) is 1. The molecule has 1 heterocycles. The van der Waals surface area contributed by atoms with Gasteiger partial charge < -0.3 is 0 Å². The summed E-state index contributed by atoms with van der Waals surface area (Å²) in [5, 5.41) is 7.22. The van der Waals surface area contributed by atoms with E-state index in [0.29, 0.717) is 10.0 Å². The van der Waals surface area contributed by atoms with E-state index in [1.165, 1.54) is 6.07 Å². The molecule has 1 aromatic carbocycles. The van der Waals surface area contributed by atoms with Crippen LogP contribution in [0.1, 0.15) is 15.4 Å². The van der Waals surface area contributed by atoms with Crippen molar-refractivity contribution in [2.75, 3.05) is 5.32 Å². The Labute approximate surface area is 117 Å². The zero-order valence-electron chi connectivity index (χ0n) is 9.03. The van der Waals surface area contributed by atoms with E-state index in [1.54, 1.807) is 18.2 Å². The van der Waals surface area contributed by atoms with Crippen LogP contribution in [-0.4, -0.2) is 16.1 Å². The number of aromatic nitrogens is 2. The van der Waals surface area contributed by atoms with Gasteiger partial charge in [-0.2, -0.15) is 13.2 Å². The van der Waals surface area contributed by atoms with Crippen molar-refractivity contribution in [1.29, 1.82) is 0 Å². The average Bonchev–Trinajstić information content (AvgIpc) is 2.77. The molecule has 0 aliphatic carbocycles. The Bertz CT molecular complexity index is 614. The number of hydrogen-bond acceptors (Lipinski definition) is 4. The SMILES string of the molecule is O=C(Nc1nnc(C(F)(F)F)s1)c1ccccc1Br. The maximum Gasteiger partial charge on any atom is 0.445 e. The summed E-state index contributed by atoms with van der Waals surface area (Å²) in [5.74, 6) is -0.558. The predicted octanol–water partition coefficient (Wildman–Crippen LogP) is 3.57. The summed E-state index contributed by atoms with van der Waals surface area (Å²) in [7, 11) is 0. The maximum atomic E-state index is 12.3. The first kappa shape index (κ1) is 13.9. The lowest BCUT2D eigenvalue weighted by Gasteiger charge is -2.03. The molecule has 0 fully saturated rings. The minimum absolute atomic E-state index is 0.201. The summed E-state index contributed by atoms with van der Waals surface area (Å²) < 4.78 is 37.5. The first-order valence-corrected chi connectivity index (χ1v) is 6.45. The third-order valence-electron chi connectivity index (χ3n) is 2.01. The van der Waals surface area contributed by atoms with Gasteiger partial charge in [-0.15, -0.1) is 10.2 Å². The van der Waals surface area contributed by atoms with Crippen molar-refractivity contribution in [2.45, 2.75) is 6.18 Å². The summed E-state index contributed by atoms with van der Waals surface area (Å²) in [4.78, 5) is 11.8. The van der Waals surface area contributed by atoms with E-state index in [4.69, 9.17) is 0 Å². The number of amides is 1. The molecule has 19 heavy (non-hydrogen) atoms. The number of halogens is 4. The van der Waals surface area contributed by atoms with Gasteiger partial charge in [0.25, 0.3) is 5.91 Å². The van der Waals surface area contributed by atoms with Crippen molar-refractivity contribution < 1.29 is 18.0 Å². The monoisotopic (exact) mass is 351 g/mol. The number of nitrogens with zero attached hydrogens (tertiary/aromatic N) is 2. The van der Waals surface area contributed by atoms with Crippen molar-refractivity contribution in [3.8, 4) is 0 Å². The normalized spacial score (nSPS) is 11.4. The van der Waals surface area contributed by atoms with E-state index in [0.717, 1.165) is 0 Å². The summed E-state index contributed by atoms with van der Waals surface area (Å²) in [6, 6.07) is 6.54. The molecule has 0 atom stereocenters. The van der Waals surface area contributed by atoms with Crippen LogP contribution in [-0.2, 0) is 6.18 Å². The Morgan fingerprint density at radius 3 is 2.53 bits per heavy atom. The molecule has 1 N–H and O–H groups in total. The largest absolute Gasteiger partial charge is 0.445 e. The summed E-state index contributed by atoms with van der Waals surface area (Å²) >= 11 is 3.45. The van der Waals surface area contributed by atoms with Crippen molar-refractivity contribution >= 4 is 38.3 Å². The van der Waals surface area contributed by atoms with Gasteiger partial charge in [-0.05, 0) is 28.1 Å². The molecule has 0 bridgehead atoms. The highest BCUT2D eigenvalue weighted by Crippen LogP contribution is 2.33. The topological polar surface area (TPSA) is 54.9 Å². The molecule has 1 aromatic heterocycles. The molecule has 0 aliphatic rings. The van der Waals surface area contributed by atoms with Gasteiger partial charge in [0.05, 0.1) is 5.56 Å². The van der Waals surface area contributed by atoms with Crippen LogP contribution in [0.15, 0.2) is 28.7 Å². The van der Waals surface area contributed by atoms with Gasteiger partial charge in [0.2, 0.25) is 10.1 Å². The van der Waals surface area contributed by atoms with Gasteiger partial charge in [-0.3, -0.25) is 10.1 Å². The molecular weight excluding hydrogens is 347 g/mol. The zero-order valence-corrected chi connectivity index (χ0v) is 11.4. The van der Waals surface area contributed by atoms with Crippen molar-refractivity contribution in [2.24, 2.45) is 0 Å². The fraction of sp³-hybridized carbons (Fsp3) is 0.100. The van der Waals surface area contributed by atoms with Crippen LogP contribution in [0.5, 0.6) is 0 Å². The molecule has 9 heteroatoms. The third kappa shape index (κ3) is 3.29. The molecule has 1 amide bonds. The second kappa shape index (κ2) is 5.25. The van der Waals surface area contributed by atoms with Crippen LogP contribution in [0.4, 0.5) is 18.3 Å². The number of rotatable bonds is 2. The van der Waals surface area contributed by atoms with Crippen LogP contribution in [0, 0.1) is 0 Å². The number of alkyl halides is 3. The number of carbonyl (C=O) groups excluding carboxylic acids is 1. The highest BCUT2D eigenvalue weighted by Gasteiger charge is 2.35. The Morgan fingerprint density at radius 2 is 1.95 bits per heavy atom. The van der Waals surface area contributed by atoms with E-state index < -0.39 is 17.1 Å². The van der Waals surface area contributed by atoms with Crippen molar-refractivity contribution in [3.63, 3.8) is 0 Å². The highest BCUT2D eigenvalue weighted by atomic mass is 79.9. The molecule has 0 spiro atoms. The first-order chi connectivity index (χ1) is 8.88. The lowest BCUT2D eigenvalue weighted by molar-refractivity contribution is -0.138. The highest BCUT2D eigenvalue weighted by molar-refractivity contribution is 9.10. The van der Waals surface area contributed by atoms with Crippen LogP contribution < -0.4 is 5.32 Å². The van der Waals surface area contributed by atoms with E-state index in [1.807, 2.05) is 0 Å². The van der Waals surface area contributed by atoms with Crippen LogP contribution in [0.2, 0.25) is 0 Å². The average molecular weight is 352 g/mol. The van der Waals surface area contributed by atoms with Gasteiger partial charge >= 0.3 is 6.18 Å². The molecule has 0 radical (unpaired) electrons. The summed E-state index contributed by atoms with van der Waals surface area (Å²) in [6.45, 7) is 0.